The largest absolute Gasteiger partial charge is 0.497 e. The van der Waals surface area contributed by atoms with Crippen molar-refractivity contribution in [1.82, 2.24) is 4.90 Å². The molecule has 0 saturated carbocycles. The first-order valence-corrected chi connectivity index (χ1v) is 10.8. The molecule has 3 rings (SSSR count). The van der Waals surface area contributed by atoms with Gasteiger partial charge in [0, 0.05) is 29.9 Å². The summed E-state index contributed by atoms with van der Waals surface area (Å²) in [5.41, 5.74) is 1.63. The van der Waals surface area contributed by atoms with Crippen molar-refractivity contribution < 1.29 is 19.1 Å². The van der Waals surface area contributed by atoms with Crippen molar-refractivity contribution in [1.29, 1.82) is 0 Å². The second-order valence-electron chi connectivity index (χ2n) is 7.25. The zero-order chi connectivity index (χ0) is 21.8. The predicted molar refractivity (Wildman–Crippen MR) is 127 cm³/mol. The minimum Gasteiger partial charge on any atom is -0.497 e. The van der Waals surface area contributed by atoms with Crippen LogP contribution in [0.15, 0.2) is 47.4 Å². The molecule has 2 aromatic carbocycles. The normalized spacial score (nSPS) is 18.1. The van der Waals surface area contributed by atoms with Crippen LogP contribution in [0.25, 0.3) is 0 Å². The fourth-order valence-corrected chi connectivity index (χ4v) is 4.86. The van der Waals surface area contributed by atoms with Crippen molar-refractivity contribution in [3.05, 3.63) is 53.1 Å². The number of methoxy groups -OCH3 is 1. The molecule has 0 N–H and O–H groups in total. The highest BCUT2D eigenvalue weighted by Gasteiger charge is 2.40. The van der Waals surface area contributed by atoms with Crippen LogP contribution in [-0.4, -0.2) is 57.2 Å². The number of halogens is 2. The molecular formula is C22H26Cl2N2O4S. The molecule has 31 heavy (non-hydrogen) atoms. The number of likely N-dealkylation sites (N-methyl/N-ethyl adjacent to an activating group) is 1. The van der Waals surface area contributed by atoms with E-state index >= 15 is 0 Å². The van der Waals surface area contributed by atoms with Gasteiger partial charge in [-0.15, -0.1) is 24.2 Å². The number of ether oxygens (including phenoxy) is 2. The van der Waals surface area contributed by atoms with Gasteiger partial charge in [-0.2, -0.15) is 0 Å². The van der Waals surface area contributed by atoms with Gasteiger partial charge < -0.3 is 19.3 Å². The predicted octanol–water partition coefficient (Wildman–Crippen LogP) is 4.44. The first kappa shape index (κ1) is 25.3. The molecule has 0 fully saturated rings. The third-order valence-electron chi connectivity index (χ3n) is 4.76. The number of esters is 1. The van der Waals surface area contributed by atoms with Crippen LogP contribution >= 0.6 is 35.8 Å². The Hall–Kier alpha value is -1.93. The van der Waals surface area contributed by atoms with Gasteiger partial charge in [-0.05, 0) is 50.0 Å². The summed E-state index contributed by atoms with van der Waals surface area (Å²) in [6.45, 7) is 2.45. The Balaban J connectivity index is 0.00000341. The highest BCUT2D eigenvalue weighted by atomic mass is 35.5. The van der Waals surface area contributed by atoms with Crippen LogP contribution < -0.4 is 9.64 Å². The average Bonchev–Trinajstić information content (AvgIpc) is 2.81. The van der Waals surface area contributed by atoms with Crippen molar-refractivity contribution in [2.45, 2.75) is 23.2 Å². The molecule has 1 amide bonds. The Morgan fingerprint density at radius 1 is 1.19 bits per heavy atom. The third kappa shape index (κ3) is 6.07. The molecular weight excluding hydrogens is 459 g/mol. The van der Waals surface area contributed by atoms with Gasteiger partial charge >= 0.3 is 5.97 Å². The Bertz CT molecular complexity index is 924. The smallest absolute Gasteiger partial charge is 0.303 e. The summed E-state index contributed by atoms with van der Waals surface area (Å²) < 4.78 is 10.8. The van der Waals surface area contributed by atoms with Crippen molar-refractivity contribution in [3.63, 3.8) is 0 Å². The van der Waals surface area contributed by atoms with E-state index in [9.17, 15) is 9.59 Å². The zero-order valence-corrected chi connectivity index (χ0v) is 20.2. The van der Waals surface area contributed by atoms with Crippen LogP contribution in [0.2, 0.25) is 5.02 Å². The minimum absolute atomic E-state index is 0. The van der Waals surface area contributed by atoms with E-state index in [4.69, 9.17) is 21.1 Å². The van der Waals surface area contributed by atoms with Crippen LogP contribution in [0.1, 0.15) is 17.7 Å². The fraction of sp³-hybridized carbons (Fsp3) is 0.364. The van der Waals surface area contributed by atoms with Crippen LogP contribution in [0.3, 0.4) is 0 Å². The van der Waals surface area contributed by atoms with Crippen molar-refractivity contribution >= 4 is 53.3 Å². The summed E-state index contributed by atoms with van der Waals surface area (Å²) in [6, 6.07) is 12.9. The van der Waals surface area contributed by atoms with Crippen molar-refractivity contribution in [3.8, 4) is 5.75 Å². The number of thioether (sulfide) groups is 1. The number of rotatable bonds is 6. The van der Waals surface area contributed by atoms with E-state index in [1.165, 1.54) is 18.7 Å². The monoisotopic (exact) mass is 484 g/mol. The maximum absolute atomic E-state index is 13.6. The SMILES string of the molecule is COc1ccc([C@H]2Sc3cc(Cl)ccc3N(CCN(C)C)C(=O)[C@H]2OC(C)=O)cc1.Cl. The number of hydrogen-bond donors (Lipinski definition) is 0. The van der Waals surface area contributed by atoms with Gasteiger partial charge in [0.25, 0.3) is 5.91 Å². The Labute approximate surface area is 198 Å². The number of carbonyl (C=O) groups is 2. The molecule has 0 spiro atoms. The molecule has 2 aromatic rings. The number of nitrogens with zero attached hydrogens (tertiary/aromatic N) is 2. The van der Waals surface area contributed by atoms with E-state index < -0.39 is 17.3 Å². The average molecular weight is 485 g/mol. The molecule has 0 bridgehead atoms. The topological polar surface area (TPSA) is 59.1 Å². The molecule has 6 nitrogen and oxygen atoms in total. The molecule has 2 atom stereocenters. The lowest BCUT2D eigenvalue weighted by Gasteiger charge is -2.28. The van der Waals surface area contributed by atoms with Gasteiger partial charge in [0.15, 0.2) is 6.10 Å². The fourth-order valence-electron chi connectivity index (χ4n) is 3.26. The van der Waals surface area contributed by atoms with E-state index in [1.807, 2.05) is 55.4 Å². The molecule has 9 heteroatoms. The highest BCUT2D eigenvalue weighted by molar-refractivity contribution is 7.99. The minimum atomic E-state index is -0.964. The van der Waals surface area contributed by atoms with Crippen molar-refractivity contribution in [2.24, 2.45) is 0 Å². The second-order valence-corrected chi connectivity index (χ2v) is 8.87. The number of carbonyl (C=O) groups excluding carboxylic acids is 2. The molecule has 0 saturated heterocycles. The Kier molecular flexibility index (Phi) is 9.06. The molecule has 168 valence electrons. The quantitative estimate of drug-likeness (QED) is 0.564. The number of fused-ring (bicyclic) bond motifs is 1. The number of benzene rings is 2. The lowest BCUT2D eigenvalue weighted by Crippen LogP contribution is -2.45. The summed E-state index contributed by atoms with van der Waals surface area (Å²) in [7, 11) is 5.49. The molecule has 0 aromatic heterocycles. The first-order valence-electron chi connectivity index (χ1n) is 9.53. The van der Waals surface area contributed by atoms with E-state index in [0.717, 1.165) is 16.1 Å². The van der Waals surface area contributed by atoms with Gasteiger partial charge in [-0.25, -0.2) is 0 Å². The second kappa shape index (κ2) is 11.1. The molecule has 0 aliphatic carbocycles. The molecule has 0 unspecified atom stereocenters. The number of anilines is 1. The standard InChI is InChI=1S/C22H25ClN2O4S.ClH/c1-14(26)29-20-21(15-5-8-17(28-4)9-6-15)30-19-13-16(23)7-10-18(19)25(22(20)27)12-11-24(2)3;/h5-10,13,20-21H,11-12H2,1-4H3;1H/t20-,21+;/m0./s1. The van der Waals surface area contributed by atoms with Crippen LogP contribution in [0.5, 0.6) is 5.75 Å². The lowest BCUT2D eigenvalue weighted by molar-refractivity contribution is -0.152. The number of amides is 1. The van der Waals surface area contributed by atoms with E-state index in [-0.39, 0.29) is 18.3 Å². The zero-order valence-electron chi connectivity index (χ0n) is 17.8. The Morgan fingerprint density at radius 3 is 2.45 bits per heavy atom. The Morgan fingerprint density at radius 2 is 1.87 bits per heavy atom. The summed E-state index contributed by atoms with van der Waals surface area (Å²) in [4.78, 5) is 30.1. The molecule has 0 radical (unpaired) electrons. The maximum Gasteiger partial charge on any atom is 0.303 e. The summed E-state index contributed by atoms with van der Waals surface area (Å²) >= 11 is 7.74. The summed E-state index contributed by atoms with van der Waals surface area (Å²) in [6.07, 6.45) is -0.964. The molecule has 1 aliphatic heterocycles. The van der Waals surface area contributed by atoms with Gasteiger partial charge in [-0.1, -0.05) is 23.7 Å². The third-order valence-corrected chi connectivity index (χ3v) is 6.35. The van der Waals surface area contributed by atoms with E-state index in [0.29, 0.717) is 23.9 Å². The summed E-state index contributed by atoms with van der Waals surface area (Å²) in [5, 5.41) is 0.162. The van der Waals surface area contributed by atoms with Crippen molar-refractivity contribution in [2.75, 3.05) is 39.2 Å². The maximum atomic E-state index is 13.6. The summed E-state index contributed by atoms with van der Waals surface area (Å²) in [5.74, 6) is -0.0331. The van der Waals surface area contributed by atoms with Gasteiger partial charge in [0.1, 0.15) is 5.75 Å². The number of hydrogen-bond acceptors (Lipinski definition) is 6. The first-order chi connectivity index (χ1) is 14.3. The highest BCUT2D eigenvalue weighted by Crippen LogP contribution is 2.47. The van der Waals surface area contributed by atoms with E-state index in [1.54, 1.807) is 18.1 Å². The lowest BCUT2D eigenvalue weighted by atomic mass is 10.1. The molecule has 1 aliphatic rings. The van der Waals surface area contributed by atoms with Crippen LogP contribution in [0.4, 0.5) is 5.69 Å². The van der Waals surface area contributed by atoms with Gasteiger partial charge in [0.2, 0.25) is 0 Å². The van der Waals surface area contributed by atoms with E-state index in [2.05, 4.69) is 0 Å². The molecule has 1 heterocycles. The van der Waals surface area contributed by atoms with Crippen LogP contribution in [-0.2, 0) is 14.3 Å². The van der Waals surface area contributed by atoms with Gasteiger partial charge in [-0.3, -0.25) is 9.59 Å². The van der Waals surface area contributed by atoms with Gasteiger partial charge in [0.05, 0.1) is 18.0 Å². The van der Waals surface area contributed by atoms with Crippen LogP contribution in [0, 0.1) is 0 Å².